The number of carbonyl (C=O) groups excluding carboxylic acids is 1. The fourth-order valence-electron chi connectivity index (χ4n) is 2.53. The Balaban J connectivity index is 1.80. The molecule has 114 valence electrons. The van der Waals surface area contributed by atoms with E-state index in [0.717, 1.165) is 5.56 Å². The first kappa shape index (κ1) is 15.3. The van der Waals surface area contributed by atoms with Gasteiger partial charge in [0.15, 0.2) is 0 Å². The van der Waals surface area contributed by atoms with Gasteiger partial charge in [0, 0.05) is 11.6 Å². The van der Waals surface area contributed by atoms with Crippen LogP contribution in [0.2, 0.25) is 10.0 Å². The molecule has 2 aromatic rings. The zero-order valence-corrected chi connectivity index (χ0v) is 13.3. The second-order valence-corrected chi connectivity index (χ2v) is 5.99. The summed E-state index contributed by atoms with van der Waals surface area (Å²) in [7, 11) is 0. The predicted molar refractivity (Wildman–Crippen MR) is 87.5 cm³/mol. The molecule has 22 heavy (non-hydrogen) atoms. The van der Waals surface area contributed by atoms with Gasteiger partial charge in [0.1, 0.15) is 6.10 Å². The third kappa shape index (κ3) is 3.27. The van der Waals surface area contributed by atoms with E-state index in [1.807, 2.05) is 30.3 Å². The van der Waals surface area contributed by atoms with Gasteiger partial charge in [-0.15, -0.1) is 0 Å². The number of ether oxygens (including phenoxy) is 1. The molecule has 1 aliphatic rings. The Labute approximate surface area is 139 Å². The Morgan fingerprint density at radius 2 is 1.91 bits per heavy atom. The summed E-state index contributed by atoms with van der Waals surface area (Å²) in [6, 6.07) is 14.8. The van der Waals surface area contributed by atoms with E-state index in [4.69, 9.17) is 27.9 Å². The van der Waals surface area contributed by atoms with Crippen molar-refractivity contribution in [2.24, 2.45) is 0 Å². The van der Waals surface area contributed by atoms with Crippen LogP contribution < -0.4 is 0 Å². The van der Waals surface area contributed by atoms with Gasteiger partial charge in [0.05, 0.1) is 23.7 Å². The van der Waals surface area contributed by atoms with E-state index in [9.17, 15) is 4.79 Å². The Hall–Kier alpha value is -1.55. The van der Waals surface area contributed by atoms with E-state index in [1.54, 1.807) is 23.1 Å². The van der Waals surface area contributed by atoms with Gasteiger partial charge in [0.25, 0.3) is 5.91 Å². The van der Waals surface area contributed by atoms with Crippen LogP contribution in [0.1, 0.15) is 22.0 Å². The summed E-state index contributed by atoms with van der Waals surface area (Å²) in [5, 5.41) is 0.915. The molecule has 0 saturated carbocycles. The summed E-state index contributed by atoms with van der Waals surface area (Å²) in [5.74, 6) is -0.114. The monoisotopic (exact) mass is 335 g/mol. The van der Waals surface area contributed by atoms with Gasteiger partial charge in [-0.1, -0.05) is 53.5 Å². The first-order valence-electron chi connectivity index (χ1n) is 7.06. The highest BCUT2D eigenvalue weighted by molar-refractivity contribution is 6.35. The molecule has 1 amide bonds. The summed E-state index contributed by atoms with van der Waals surface area (Å²) >= 11 is 12.1. The van der Waals surface area contributed by atoms with E-state index in [2.05, 4.69) is 0 Å². The van der Waals surface area contributed by atoms with Crippen molar-refractivity contribution in [2.75, 3.05) is 19.7 Å². The third-order valence-electron chi connectivity index (χ3n) is 3.68. The number of amides is 1. The molecule has 0 radical (unpaired) electrons. The summed E-state index contributed by atoms with van der Waals surface area (Å²) in [4.78, 5) is 14.4. The second-order valence-electron chi connectivity index (χ2n) is 5.15. The molecule has 0 aromatic heterocycles. The molecule has 1 atom stereocenters. The van der Waals surface area contributed by atoms with Gasteiger partial charge in [0.2, 0.25) is 0 Å². The minimum Gasteiger partial charge on any atom is -0.370 e. The van der Waals surface area contributed by atoms with E-state index >= 15 is 0 Å². The van der Waals surface area contributed by atoms with Crippen LogP contribution in [0.25, 0.3) is 0 Å². The molecular weight excluding hydrogens is 321 g/mol. The molecule has 1 saturated heterocycles. The van der Waals surface area contributed by atoms with Crippen molar-refractivity contribution in [3.8, 4) is 0 Å². The first-order chi connectivity index (χ1) is 10.6. The summed E-state index contributed by atoms with van der Waals surface area (Å²) < 4.78 is 5.78. The summed E-state index contributed by atoms with van der Waals surface area (Å²) in [6.07, 6.45) is -0.114. The quantitative estimate of drug-likeness (QED) is 0.822. The van der Waals surface area contributed by atoms with Crippen molar-refractivity contribution in [1.29, 1.82) is 0 Å². The molecule has 3 rings (SSSR count). The number of hydrogen-bond acceptors (Lipinski definition) is 2. The van der Waals surface area contributed by atoms with Crippen LogP contribution in [0, 0.1) is 0 Å². The van der Waals surface area contributed by atoms with Crippen molar-refractivity contribution < 1.29 is 9.53 Å². The minimum absolute atomic E-state index is 0.114. The molecule has 1 unspecified atom stereocenters. The highest BCUT2D eigenvalue weighted by atomic mass is 35.5. The van der Waals surface area contributed by atoms with Crippen LogP contribution in [0.4, 0.5) is 0 Å². The molecule has 0 N–H and O–H groups in total. The van der Waals surface area contributed by atoms with Crippen LogP contribution in [-0.2, 0) is 4.74 Å². The lowest BCUT2D eigenvalue weighted by molar-refractivity contribution is -0.0228. The van der Waals surface area contributed by atoms with Gasteiger partial charge >= 0.3 is 0 Å². The molecule has 0 bridgehead atoms. The minimum atomic E-state index is -0.114. The van der Waals surface area contributed by atoms with Gasteiger partial charge in [-0.2, -0.15) is 0 Å². The average Bonchev–Trinajstić information content (AvgIpc) is 2.57. The highest BCUT2D eigenvalue weighted by Crippen LogP contribution is 2.26. The first-order valence-corrected chi connectivity index (χ1v) is 7.81. The number of carbonyl (C=O) groups is 1. The lowest BCUT2D eigenvalue weighted by Gasteiger charge is -2.33. The largest absolute Gasteiger partial charge is 0.370 e. The SMILES string of the molecule is O=C(c1cc(Cl)ccc1Cl)N1CCOC(c2ccccc2)C1. The van der Waals surface area contributed by atoms with Crippen LogP contribution in [0.5, 0.6) is 0 Å². The van der Waals surface area contributed by atoms with Gasteiger partial charge in [-0.3, -0.25) is 4.79 Å². The molecule has 0 spiro atoms. The van der Waals surface area contributed by atoms with Gasteiger partial charge < -0.3 is 9.64 Å². The van der Waals surface area contributed by atoms with Crippen LogP contribution in [-0.4, -0.2) is 30.5 Å². The zero-order valence-electron chi connectivity index (χ0n) is 11.8. The number of hydrogen-bond donors (Lipinski definition) is 0. The van der Waals surface area contributed by atoms with E-state index in [1.165, 1.54) is 0 Å². The van der Waals surface area contributed by atoms with Crippen LogP contribution >= 0.6 is 23.2 Å². The lowest BCUT2D eigenvalue weighted by atomic mass is 10.1. The Morgan fingerprint density at radius 3 is 2.68 bits per heavy atom. The fraction of sp³-hybridized carbons (Fsp3) is 0.235. The molecule has 2 aromatic carbocycles. The zero-order chi connectivity index (χ0) is 15.5. The van der Waals surface area contributed by atoms with Crippen molar-refractivity contribution in [3.63, 3.8) is 0 Å². The van der Waals surface area contributed by atoms with Gasteiger partial charge in [-0.25, -0.2) is 0 Å². The molecule has 3 nitrogen and oxygen atoms in total. The molecule has 1 fully saturated rings. The molecule has 1 aliphatic heterocycles. The average molecular weight is 336 g/mol. The topological polar surface area (TPSA) is 29.5 Å². The number of nitrogens with zero attached hydrogens (tertiary/aromatic N) is 1. The molecule has 1 heterocycles. The van der Waals surface area contributed by atoms with Gasteiger partial charge in [-0.05, 0) is 23.8 Å². The number of morpholine rings is 1. The van der Waals surface area contributed by atoms with E-state index in [0.29, 0.717) is 35.3 Å². The maximum absolute atomic E-state index is 12.7. The Morgan fingerprint density at radius 1 is 1.14 bits per heavy atom. The number of rotatable bonds is 2. The smallest absolute Gasteiger partial charge is 0.255 e. The van der Waals surface area contributed by atoms with Crippen LogP contribution in [0.3, 0.4) is 0 Å². The second kappa shape index (κ2) is 6.69. The maximum atomic E-state index is 12.7. The predicted octanol–water partition coefficient (Wildman–Crippen LogP) is 4.21. The van der Waals surface area contributed by atoms with Crippen molar-refractivity contribution >= 4 is 29.1 Å². The normalized spacial score (nSPS) is 18.3. The van der Waals surface area contributed by atoms with Crippen molar-refractivity contribution in [1.82, 2.24) is 4.90 Å². The fourth-order valence-corrected chi connectivity index (χ4v) is 2.91. The Kier molecular flexibility index (Phi) is 4.67. The standard InChI is InChI=1S/C17H15Cl2NO2/c18-13-6-7-15(19)14(10-13)17(21)20-8-9-22-16(11-20)12-4-2-1-3-5-12/h1-7,10,16H,8-9,11H2. The van der Waals surface area contributed by atoms with Crippen molar-refractivity contribution in [2.45, 2.75) is 6.10 Å². The van der Waals surface area contributed by atoms with E-state index in [-0.39, 0.29) is 12.0 Å². The summed E-state index contributed by atoms with van der Waals surface area (Å²) in [5.41, 5.74) is 1.50. The maximum Gasteiger partial charge on any atom is 0.255 e. The number of benzene rings is 2. The number of halogens is 2. The summed E-state index contributed by atoms with van der Waals surface area (Å²) in [6.45, 7) is 1.56. The lowest BCUT2D eigenvalue weighted by Crippen LogP contribution is -2.42. The molecule has 5 heteroatoms. The highest BCUT2D eigenvalue weighted by Gasteiger charge is 2.27. The Bertz CT molecular complexity index is 676. The van der Waals surface area contributed by atoms with Crippen LogP contribution in [0.15, 0.2) is 48.5 Å². The van der Waals surface area contributed by atoms with E-state index < -0.39 is 0 Å². The molecule has 0 aliphatic carbocycles. The van der Waals surface area contributed by atoms with Crippen molar-refractivity contribution in [3.05, 3.63) is 69.7 Å². The molecular formula is C17H15Cl2NO2. The third-order valence-corrected chi connectivity index (χ3v) is 4.25.